The smallest absolute Gasteiger partial charge is 0.329 e. The standard InChI is InChI=1S/C18H32F2N2O2.C15H20F2N2O2/c1-2-3-4-5-6-9-14-10-7-11-15(14)22-13-8-12-18(21,16(19)20)17(23)24;1-10-4-6-12(7-5-10)11(2)19-9-3-8-15(18,13(16)17)14(20)21/h14,16H,2-13,21H2,1H3,(H,23,24);4-7,13H,3,8-9,18H2,1-2H3,(H,20,21). The van der Waals surface area contributed by atoms with Crippen molar-refractivity contribution in [1.82, 2.24) is 0 Å². The van der Waals surface area contributed by atoms with Crippen molar-refractivity contribution in [3.8, 4) is 0 Å². The molecule has 6 N–H and O–H groups in total. The topological polar surface area (TPSA) is 151 Å². The van der Waals surface area contributed by atoms with Gasteiger partial charge in [0.1, 0.15) is 0 Å². The minimum atomic E-state index is -3.10. The number of carboxylic acid groups (broad SMARTS) is 2. The van der Waals surface area contributed by atoms with Crippen LogP contribution in [0.2, 0.25) is 0 Å². The Kier molecular flexibility index (Phi) is 18.1. The molecule has 1 aliphatic carbocycles. The number of unbranched alkanes of at least 4 members (excludes halogenated alkanes) is 4. The summed E-state index contributed by atoms with van der Waals surface area (Å²) in [7, 11) is 0. The Morgan fingerprint density at radius 2 is 1.42 bits per heavy atom. The van der Waals surface area contributed by atoms with Crippen LogP contribution in [-0.2, 0) is 9.59 Å². The molecule has 2 rings (SSSR count). The lowest BCUT2D eigenvalue weighted by atomic mass is 9.95. The maximum absolute atomic E-state index is 12.8. The number of hydrogen-bond donors (Lipinski definition) is 4. The average molecular weight is 645 g/mol. The number of benzene rings is 1. The molecule has 3 atom stereocenters. The van der Waals surface area contributed by atoms with Crippen molar-refractivity contribution < 1.29 is 37.4 Å². The molecule has 8 nitrogen and oxygen atoms in total. The van der Waals surface area contributed by atoms with E-state index in [1.54, 1.807) is 0 Å². The first-order chi connectivity index (χ1) is 21.2. The number of aryl methyl sites for hydroxylation is 1. The second kappa shape index (κ2) is 20.3. The largest absolute Gasteiger partial charge is 0.480 e. The first kappa shape index (κ1) is 40.2. The second-order valence-electron chi connectivity index (χ2n) is 12.0. The van der Waals surface area contributed by atoms with Crippen molar-refractivity contribution in [2.75, 3.05) is 13.1 Å². The molecule has 3 unspecified atom stereocenters. The van der Waals surface area contributed by atoms with Gasteiger partial charge in [0.25, 0.3) is 12.9 Å². The third kappa shape index (κ3) is 13.6. The Hall–Kier alpha value is -2.86. The normalized spacial score (nSPS) is 18.9. The van der Waals surface area contributed by atoms with Gasteiger partial charge in [-0.25, -0.2) is 27.2 Å². The van der Waals surface area contributed by atoms with E-state index in [4.69, 9.17) is 21.7 Å². The first-order valence-electron chi connectivity index (χ1n) is 15.9. The molecule has 0 saturated heterocycles. The molecule has 0 spiro atoms. The van der Waals surface area contributed by atoms with Crippen LogP contribution in [0.4, 0.5) is 17.6 Å². The van der Waals surface area contributed by atoms with Gasteiger partial charge in [-0.05, 0) is 76.7 Å². The lowest BCUT2D eigenvalue weighted by Crippen LogP contribution is -2.54. The molecule has 0 aliphatic heterocycles. The number of carbonyl (C=O) groups is 2. The molecule has 12 heteroatoms. The molecule has 1 aromatic carbocycles. The molecule has 1 saturated carbocycles. The molecule has 45 heavy (non-hydrogen) atoms. The molecule has 0 heterocycles. The van der Waals surface area contributed by atoms with Crippen LogP contribution in [-0.4, -0.2) is 70.6 Å². The summed E-state index contributed by atoms with van der Waals surface area (Å²) in [6.07, 6.45) is 4.51. The number of alkyl halides is 4. The zero-order valence-corrected chi connectivity index (χ0v) is 26.9. The van der Waals surface area contributed by atoms with Crippen LogP contribution in [0.3, 0.4) is 0 Å². The van der Waals surface area contributed by atoms with Gasteiger partial charge in [-0.3, -0.25) is 9.98 Å². The SMILES string of the molecule is CC(=NCCCC(N)(C(=O)O)C(F)F)c1ccc(C)cc1.CCCCCCCC1CCCC1=NCCCC(N)(C(=O)O)C(F)F. The predicted octanol–water partition coefficient (Wildman–Crippen LogP) is 7.05. The fourth-order valence-corrected chi connectivity index (χ4v) is 5.13. The number of aliphatic carboxylic acids is 2. The number of nitrogens with zero attached hydrogens (tertiary/aromatic N) is 2. The van der Waals surface area contributed by atoms with Gasteiger partial charge in [-0.2, -0.15) is 0 Å². The minimum Gasteiger partial charge on any atom is -0.480 e. The van der Waals surface area contributed by atoms with E-state index in [-0.39, 0.29) is 32.2 Å². The third-order valence-corrected chi connectivity index (χ3v) is 8.32. The maximum atomic E-state index is 12.8. The van der Waals surface area contributed by atoms with E-state index in [9.17, 15) is 27.2 Å². The van der Waals surface area contributed by atoms with Gasteiger partial charge < -0.3 is 21.7 Å². The summed E-state index contributed by atoms with van der Waals surface area (Å²) in [5, 5.41) is 17.6. The number of aliphatic imine (C=N–C) groups is 2. The Labute approximate surface area is 264 Å². The van der Waals surface area contributed by atoms with E-state index >= 15 is 0 Å². The van der Waals surface area contributed by atoms with E-state index in [1.807, 2.05) is 38.1 Å². The van der Waals surface area contributed by atoms with Gasteiger partial charge in [0.2, 0.25) is 0 Å². The van der Waals surface area contributed by atoms with Crippen LogP contribution in [0, 0.1) is 12.8 Å². The fraction of sp³-hybridized carbons (Fsp3) is 0.697. The maximum Gasteiger partial charge on any atom is 0.329 e. The summed E-state index contributed by atoms with van der Waals surface area (Å²) in [6, 6.07) is 7.77. The Morgan fingerprint density at radius 3 is 1.93 bits per heavy atom. The summed E-state index contributed by atoms with van der Waals surface area (Å²) in [5.41, 5.74) is 9.67. The molecule has 1 aromatic rings. The van der Waals surface area contributed by atoms with Gasteiger partial charge in [-0.1, -0.05) is 68.9 Å². The lowest BCUT2D eigenvalue weighted by molar-refractivity contribution is -0.151. The van der Waals surface area contributed by atoms with Crippen molar-refractivity contribution >= 4 is 23.4 Å². The van der Waals surface area contributed by atoms with Gasteiger partial charge in [0, 0.05) is 24.5 Å². The van der Waals surface area contributed by atoms with E-state index < -0.39 is 35.9 Å². The molecular formula is C33H52F4N4O4. The van der Waals surface area contributed by atoms with E-state index in [1.165, 1.54) is 44.2 Å². The highest BCUT2D eigenvalue weighted by Gasteiger charge is 2.44. The van der Waals surface area contributed by atoms with Crippen LogP contribution in [0.5, 0.6) is 0 Å². The van der Waals surface area contributed by atoms with Crippen molar-refractivity contribution in [3.63, 3.8) is 0 Å². The fourth-order valence-electron chi connectivity index (χ4n) is 5.13. The monoisotopic (exact) mass is 644 g/mol. The van der Waals surface area contributed by atoms with Gasteiger partial charge in [0.15, 0.2) is 11.1 Å². The number of halogens is 4. The first-order valence-corrected chi connectivity index (χ1v) is 15.9. The van der Waals surface area contributed by atoms with Gasteiger partial charge in [-0.15, -0.1) is 0 Å². The Bertz CT molecular complexity index is 1100. The highest BCUT2D eigenvalue weighted by molar-refractivity contribution is 5.98. The highest BCUT2D eigenvalue weighted by atomic mass is 19.3. The van der Waals surface area contributed by atoms with Gasteiger partial charge in [0.05, 0.1) is 0 Å². The average Bonchev–Trinajstić information content (AvgIpc) is 3.44. The van der Waals surface area contributed by atoms with Crippen molar-refractivity contribution in [3.05, 3.63) is 35.4 Å². The molecule has 0 amide bonds. The Balaban J connectivity index is 0.000000454. The molecule has 0 aromatic heterocycles. The van der Waals surface area contributed by atoms with Gasteiger partial charge >= 0.3 is 11.9 Å². The van der Waals surface area contributed by atoms with E-state index in [0.29, 0.717) is 12.5 Å². The molecular weight excluding hydrogens is 592 g/mol. The van der Waals surface area contributed by atoms with Crippen LogP contribution in [0.15, 0.2) is 34.3 Å². The molecule has 256 valence electrons. The number of hydrogen-bond acceptors (Lipinski definition) is 6. The van der Waals surface area contributed by atoms with Crippen LogP contribution < -0.4 is 11.5 Å². The van der Waals surface area contributed by atoms with Crippen LogP contribution in [0.1, 0.15) is 108 Å². The van der Waals surface area contributed by atoms with Crippen molar-refractivity contribution in [2.45, 2.75) is 128 Å². The number of carboxylic acids is 2. The molecule has 1 aliphatic rings. The molecule has 1 fully saturated rings. The minimum absolute atomic E-state index is 0.191. The molecule has 0 radical (unpaired) electrons. The number of rotatable bonds is 19. The summed E-state index contributed by atoms with van der Waals surface area (Å²) < 4.78 is 51.0. The van der Waals surface area contributed by atoms with Crippen molar-refractivity contribution in [1.29, 1.82) is 0 Å². The number of nitrogens with two attached hydrogens (primary N) is 2. The van der Waals surface area contributed by atoms with E-state index in [0.717, 1.165) is 36.1 Å². The van der Waals surface area contributed by atoms with Crippen LogP contribution in [0.25, 0.3) is 0 Å². The zero-order chi connectivity index (χ0) is 34.0. The lowest BCUT2D eigenvalue weighted by Gasteiger charge is -2.23. The van der Waals surface area contributed by atoms with Crippen LogP contribution >= 0.6 is 0 Å². The third-order valence-electron chi connectivity index (χ3n) is 8.32. The summed E-state index contributed by atoms with van der Waals surface area (Å²) in [4.78, 5) is 30.6. The second-order valence-corrected chi connectivity index (χ2v) is 12.0. The zero-order valence-electron chi connectivity index (χ0n) is 26.9. The molecule has 0 bridgehead atoms. The summed E-state index contributed by atoms with van der Waals surface area (Å²) >= 11 is 0. The quantitative estimate of drug-likeness (QED) is 0.0720. The predicted molar refractivity (Wildman–Crippen MR) is 171 cm³/mol. The Morgan fingerprint density at radius 1 is 0.889 bits per heavy atom. The summed E-state index contributed by atoms with van der Waals surface area (Å²) in [6.45, 7) is 6.66. The highest BCUT2D eigenvalue weighted by Crippen LogP contribution is 2.28. The van der Waals surface area contributed by atoms with Crippen molar-refractivity contribution in [2.24, 2.45) is 27.4 Å². The summed E-state index contributed by atoms with van der Waals surface area (Å²) in [5.74, 6) is -2.79. The van der Waals surface area contributed by atoms with E-state index in [2.05, 4.69) is 16.9 Å².